The van der Waals surface area contributed by atoms with Gasteiger partial charge >= 0.3 is 37.6 Å². The van der Waals surface area contributed by atoms with Crippen LogP contribution < -0.4 is 34.5 Å². The van der Waals surface area contributed by atoms with E-state index in [4.69, 9.17) is 0 Å². The van der Waals surface area contributed by atoms with E-state index in [9.17, 15) is 14.3 Å². The molecule has 1 amide bonds. The summed E-state index contributed by atoms with van der Waals surface area (Å²) in [6, 6.07) is 0. The van der Waals surface area contributed by atoms with Crippen LogP contribution >= 0.6 is 8.03 Å². The maximum Gasteiger partial charge on any atom is 1.00 e. The first kappa shape index (κ1) is 13.1. The minimum Gasteiger partial charge on any atom is -0.594 e. The van der Waals surface area contributed by atoms with E-state index in [1.807, 2.05) is 0 Å². The van der Waals surface area contributed by atoms with Crippen molar-refractivity contribution in [1.82, 2.24) is 4.90 Å². The molecule has 4 nitrogen and oxygen atoms in total. The van der Waals surface area contributed by atoms with Crippen molar-refractivity contribution in [2.45, 2.75) is 6.92 Å². The topological polar surface area (TPSA) is 60.4 Å². The summed E-state index contributed by atoms with van der Waals surface area (Å²) in [6.07, 6.45) is -0.190. The standard InChI is InChI=1S/C4H8NO3P.Na/c1-4(6)5(2)3-9(7)8;/h3H2,1-2H3;/q;+1. The summed E-state index contributed by atoms with van der Waals surface area (Å²) < 4.78 is 9.96. The number of rotatable bonds is 2. The van der Waals surface area contributed by atoms with Crippen LogP contribution in [0, 0.1) is 0 Å². The van der Waals surface area contributed by atoms with E-state index in [1.165, 1.54) is 14.0 Å². The number of nitrogens with zero attached hydrogens (tertiary/aromatic N) is 1. The van der Waals surface area contributed by atoms with Gasteiger partial charge in [-0.2, -0.15) is 0 Å². The molecule has 0 aliphatic rings. The predicted octanol–water partition coefficient (Wildman–Crippen LogP) is -3.47. The van der Waals surface area contributed by atoms with Crippen LogP contribution in [0.4, 0.5) is 0 Å². The molecule has 1 atom stereocenters. The molecule has 0 aliphatic heterocycles. The van der Waals surface area contributed by atoms with Gasteiger partial charge in [0.1, 0.15) is 0 Å². The Morgan fingerprint density at radius 2 is 2.10 bits per heavy atom. The van der Waals surface area contributed by atoms with Crippen LogP contribution in [0.2, 0.25) is 0 Å². The van der Waals surface area contributed by atoms with Gasteiger partial charge in [-0.25, -0.2) is 0 Å². The number of hydrogen-bond donors (Lipinski definition) is 0. The average molecular weight is 172 g/mol. The molecule has 0 N–H and O–H groups in total. The first-order valence-electron chi connectivity index (χ1n) is 2.37. The molecule has 0 aromatic heterocycles. The van der Waals surface area contributed by atoms with E-state index in [0.717, 1.165) is 4.90 Å². The van der Waals surface area contributed by atoms with E-state index in [2.05, 4.69) is 0 Å². The summed E-state index contributed by atoms with van der Waals surface area (Å²) in [7, 11) is -1.03. The van der Waals surface area contributed by atoms with E-state index >= 15 is 0 Å². The zero-order valence-electron chi connectivity index (χ0n) is 6.33. The van der Waals surface area contributed by atoms with Crippen molar-refractivity contribution in [2.24, 2.45) is 0 Å². The van der Waals surface area contributed by atoms with Gasteiger partial charge in [0, 0.05) is 14.0 Å². The fourth-order valence-corrected chi connectivity index (χ4v) is 0.818. The Morgan fingerprint density at radius 3 is 2.20 bits per heavy atom. The number of carbonyl (C=O) groups is 1. The SMILES string of the molecule is CC(=O)N(C)C[P+](=O)[O-].[Na+]. The molecular weight excluding hydrogens is 164 g/mol. The monoisotopic (exact) mass is 172 g/mol. The van der Waals surface area contributed by atoms with Crippen LogP contribution in [0.3, 0.4) is 0 Å². The molecule has 0 aromatic carbocycles. The van der Waals surface area contributed by atoms with Crippen molar-refractivity contribution < 1.29 is 43.8 Å². The molecule has 10 heavy (non-hydrogen) atoms. The van der Waals surface area contributed by atoms with Crippen molar-refractivity contribution in [3.05, 3.63) is 0 Å². The van der Waals surface area contributed by atoms with Crippen molar-refractivity contribution >= 4 is 13.9 Å². The first-order chi connectivity index (χ1) is 4.04. The summed E-state index contributed by atoms with van der Waals surface area (Å²) in [5.74, 6) is -0.241. The molecule has 0 saturated heterocycles. The zero-order valence-corrected chi connectivity index (χ0v) is 9.22. The Balaban J connectivity index is 0. The first-order valence-corrected chi connectivity index (χ1v) is 3.74. The Hall–Kier alpha value is 0.530. The number of carbonyl (C=O) groups excluding carboxylic acids is 1. The Kier molecular flexibility index (Phi) is 8.22. The molecule has 0 fully saturated rings. The maximum atomic E-state index is 10.3. The van der Waals surface area contributed by atoms with Gasteiger partial charge in [-0.05, 0) is 0 Å². The molecule has 0 radical (unpaired) electrons. The third kappa shape index (κ3) is 6.65. The van der Waals surface area contributed by atoms with Gasteiger partial charge in [0.15, 0.2) is 0 Å². The fourth-order valence-electron chi connectivity index (χ4n) is 0.273. The number of amides is 1. The smallest absolute Gasteiger partial charge is 0.594 e. The summed E-state index contributed by atoms with van der Waals surface area (Å²) in [5, 5.41) is 0. The van der Waals surface area contributed by atoms with Crippen LogP contribution in [0.25, 0.3) is 0 Å². The zero-order chi connectivity index (χ0) is 7.44. The summed E-state index contributed by atoms with van der Waals surface area (Å²) in [6.45, 7) is 1.32. The number of hydrogen-bond acceptors (Lipinski definition) is 3. The van der Waals surface area contributed by atoms with Crippen molar-refractivity contribution in [1.29, 1.82) is 0 Å². The van der Waals surface area contributed by atoms with Gasteiger partial charge in [-0.15, -0.1) is 0 Å². The van der Waals surface area contributed by atoms with Gasteiger partial charge in [0.25, 0.3) is 0 Å². The van der Waals surface area contributed by atoms with Crippen molar-refractivity contribution in [2.75, 3.05) is 13.3 Å². The molecule has 0 bridgehead atoms. The second-order valence-corrected chi connectivity index (χ2v) is 2.64. The molecule has 0 aromatic rings. The van der Waals surface area contributed by atoms with E-state index in [0.29, 0.717) is 0 Å². The molecular formula is C4H8NNaO3P+. The molecule has 1 unspecified atom stereocenters. The molecule has 0 aliphatic carbocycles. The second kappa shape index (κ2) is 6.25. The van der Waals surface area contributed by atoms with E-state index in [-0.39, 0.29) is 41.8 Å². The third-order valence-electron chi connectivity index (χ3n) is 0.865. The maximum absolute atomic E-state index is 10.3. The van der Waals surface area contributed by atoms with Gasteiger partial charge < -0.3 is 9.79 Å². The molecule has 0 saturated carbocycles. The Bertz CT molecular complexity index is 140. The van der Waals surface area contributed by atoms with Crippen molar-refractivity contribution in [3.63, 3.8) is 0 Å². The van der Waals surface area contributed by atoms with Gasteiger partial charge in [-0.1, -0.05) is 4.57 Å². The molecule has 0 heterocycles. The van der Waals surface area contributed by atoms with Gasteiger partial charge in [0.05, 0.1) is 0 Å². The third-order valence-corrected chi connectivity index (χ3v) is 1.52. The van der Waals surface area contributed by atoms with E-state index < -0.39 is 8.03 Å². The normalized spacial score (nSPS) is 9.70. The minimum atomic E-state index is -2.47. The quantitative estimate of drug-likeness (QED) is 0.321. The minimum absolute atomic E-state index is 0. The van der Waals surface area contributed by atoms with E-state index in [1.54, 1.807) is 0 Å². The second-order valence-electron chi connectivity index (χ2n) is 1.69. The predicted molar refractivity (Wildman–Crippen MR) is 30.9 cm³/mol. The molecule has 0 spiro atoms. The Morgan fingerprint density at radius 1 is 1.70 bits per heavy atom. The van der Waals surface area contributed by atoms with Crippen LogP contribution in [0.15, 0.2) is 0 Å². The average Bonchev–Trinajstić information content (AvgIpc) is 1.63. The summed E-state index contributed by atoms with van der Waals surface area (Å²) in [5.41, 5.74) is 0. The van der Waals surface area contributed by atoms with Crippen LogP contribution in [-0.2, 0) is 9.36 Å². The summed E-state index contributed by atoms with van der Waals surface area (Å²) >= 11 is 0. The molecule has 0 rings (SSSR count). The molecule has 6 heteroatoms. The van der Waals surface area contributed by atoms with Crippen LogP contribution in [-0.4, -0.2) is 24.1 Å². The van der Waals surface area contributed by atoms with Crippen LogP contribution in [0.1, 0.15) is 6.92 Å². The summed E-state index contributed by atoms with van der Waals surface area (Å²) in [4.78, 5) is 21.4. The Labute approximate surface area is 82.8 Å². The molecule has 52 valence electrons. The van der Waals surface area contributed by atoms with Gasteiger partial charge in [0.2, 0.25) is 12.2 Å². The fraction of sp³-hybridized carbons (Fsp3) is 0.750. The van der Waals surface area contributed by atoms with Crippen molar-refractivity contribution in [3.8, 4) is 0 Å². The van der Waals surface area contributed by atoms with Gasteiger partial charge in [-0.3, -0.25) is 4.79 Å². The largest absolute Gasteiger partial charge is 1.00 e. The van der Waals surface area contributed by atoms with Crippen LogP contribution in [0.5, 0.6) is 0 Å².